The zero-order valence-electron chi connectivity index (χ0n) is 13.1. The van der Waals surface area contributed by atoms with E-state index in [9.17, 15) is 4.39 Å². The van der Waals surface area contributed by atoms with Crippen molar-refractivity contribution in [1.82, 2.24) is 15.1 Å². The van der Waals surface area contributed by atoms with Crippen LogP contribution in [0.1, 0.15) is 19.3 Å². The third-order valence-corrected chi connectivity index (χ3v) is 5.04. The van der Waals surface area contributed by atoms with Gasteiger partial charge < -0.3 is 9.47 Å². The number of H-pyrrole nitrogens is 1. The fourth-order valence-corrected chi connectivity index (χ4v) is 3.58. The zero-order valence-corrected chi connectivity index (χ0v) is 13.1. The first-order valence-corrected chi connectivity index (χ1v) is 8.37. The molecule has 2 aliphatic heterocycles. The van der Waals surface area contributed by atoms with Crippen molar-refractivity contribution in [2.24, 2.45) is 5.92 Å². The van der Waals surface area contributed by atoms with Crippen molar-refractivity contribution in [2.45, 2.75) is 25.3 Å². The molecular weight excluding hydrogens is 297 g/mol. The number of aromatic amines is 1. The average Bonchev–Trinajstić information content (AvgIpc) is 3.25. The van der Waals surface area contributed by atoms with Crippen molar-refractivity contribution in [3.8, 4) is 5.75 Å². The second-order valence-electron chi connectivity index (χ2n) is 6.54. The third kappa shape index (κ3) is 3.19. The Morgan fingerprint density at radius 3 is 2.96 bits per heavy atom. The third-order valence-electron chi connectivity index (χ3n) is 5.04. The molecule has 1 unspecified atom stereocenters. The maximum Gasteiger partial charge on any atom is 0.137 e. The van der Waals surface area contributed by atoms with Gasteiger partial charge in [-0.1, -0.05) is 0 Å². The van der Waals surface area contributed by atoms with Gasteiger partial charge in [-0.25, -0.2) is 4.39 Å². The van der Waals surface area contributed by atoms with Crippen LogP contribution >= 0.6 is 0 Å². The minimum absolute atomic E-state index is 0.290. The largest absolute Gasteiger partial charge is 0.493 e. The Morgan fingerprint density at radius 1 is 1.30 bits per heavy atom. The Balaban J connectivity index is 1.31. The summed E-state index contributed by atoms with van der Waals surface area (Å²) in [6.45, 7) is 4.64. The molecule has 5 nitrogen and oxygen atoms in total. The molecule has 1 aromatic heterocycles. The smallest absolute Gasteiger partial charge is 0.137 e. The highest BCUT2D eigenvalue weighted by molar-refractivity contribution is 5.80. The molecule has 2 aromatic rings. The monoisotopic (exact) mass is 319 g/mol. The molecule has 0 radical (unpaired) electrons. The number of ether oxygens (including phenoxy) is 2. The predicted octanol–water partition coefficient (Wildman–Crippen LogP) is 2.58. The normalized spacial score (nSPS) is 23.6. The van der Waals surface area contributed by atoms with Gasteiger partial charge in [0, 0.05) is 24.8 Å². The van der Waals surface area contributed by atoms with Gasteiger partial charge >= 0.3 is 0 Å². The summed E-state index contributed by atoms with van der Waals surface area (Å²) in [6, 6.07) is 3.87. The molecule has 4 rings (SSSR count). The van der Waals surface area contributed by atoms with E-state index in [0.717, 1.165) is 45.6 Å². The Bertz CT molecular complexity index is 661. The van der Waals surface area contributed by atoms with E-state index < -0.39 is 0 Å². The Kier molecular flexibility index (Phi) is 4.18. The molecule has 2 saturated heterocycles. The lowest BCUT2D eigenvalue weighted by Crippen LogP contribution is -2.42. The minimum Gasteiger partial charge on any atom is -0.493 e. The van der Waals surface area contributed by atoms with Gasteiger partial charge in [0.25, 0.3) is 0 Å². The number of hydrogen-bond acceptors (Lipinski definition) is 4. The molecule has 23 heavy (non-hydrogen) atoms. The first kappa shape index (κ1) is 14.9. The van der Waals surface area contributed by atoms with Gasteiger partial charge in [0.1, 0.15) is 11.6 Å². The topological polar surface area (TPSA) is 50.4 Å². The summed E-state index contributed by atoms with van der Waals surface area (Å²) in [4.78, 5) is 2.54. The van der Waals surface area contributed by atoms with E-state index in [0.29, 0.717) is 35.2 Å². The molecule has 1 atom stereocenters. The molecule has 124 valence electrons. The van der Waals surface area contributed by atoms with E-state index in [2.05, 4.69) is 15.1 Å². The van der Waals surface area contributed by atoms with Crippen LogP contribution in [-0.4, -0.2) is 54.0 Å². The summed E-state index contributed by atoms with van der Waals surface area (Å²) in [6.07, 6.45) is 4.91. The first-order chi connectivity index (χ1) is 11.3. The fourth-order valence-electron chi connectivity index (χ4n) is 3.58. The van der Waals surface area contributed by atoms with Gasteiger partial charge in [-0.05, 0) is 38.3 Å². The number of halogens is 1. The van der Waals surface area contributed by atoms with E-state index in [4.69, 9.17) is 9.47 Å². The summed E-state index contributed by atoms with van der Waals surface area (Å²) in [7, 11) is 0. The van der Waals surface area contributed by atoms with Gasteiger partial charge in [-0.2, -0.15) is 5.10 Å². The Hall–Kier alpha value is -1.66. The van der Waals surface area contributed by atoms with Crippen molar-refractivity contribution in [2.75, 3.05) is 32.9 Å². The summed E-state index contributed by atoms with van der Waals surface area (Å²) >= 11 is 0. The number of nitrogens with one attached hydrogen (secondary N) is 1. The first-order valence-electron chi connectivity index (χ1n) is 8.37. The lowest BCUT2D eigenvalue weighted by molar-refractivity contribution is 0.0937. The van der Waals surface area contributed by atoms with E-state index in [1.165, 1.54) is 12.3 Å². The van der Waals surface area contributed by atoms with Crippen molar-refractivity contribution in [3.05, 3.63) is 24.1 Å². The SMILES string of the molecule is Fc1cc(OCC2CCN(C3CCOC3)CC2)cc2[nH]ncc12. The number of hydrogen-bond donors (Lipinski definition) is 1. The van der Waals surface area contributed by atoms with Gasteiger partial charge in [-0.3, -0.25) is 10.00 Å². The summed E-state index contributed by atoms with van der Waals surface area (Å²) in [5.41, 5.74) is 0.677. The second kappa shape index (κ2) is 6.45. The van der Waals surface area contributed by atoms with E-state index in [1.54, 1.807) is 0 Å². The molecule has 2 aliphatic rings. The van der Waals surface area contributed by atoms with Crippen molar-refractivity contribution >= 4 is 10.9 Å². The molecule has 0 amide bonds. The molecule has 0 spiro atoms. The van der Waals surface area contributed by atoms with Crippen LogP contribution in [-0.2, 0) is 4.74 Å². The number of nitrogens with zero attached hydrogens (tertiary/aromatic N) is 2. The van der Waals surface area contributed by atoms with Crippen LogP contribution in [0.5, 0.6) is 5.75 Å². The molecule has 1 aromatic carbocycles. The highest BCUT2D eigenvalue weighted by Crippen LogP contribution is 2.26. The van der Waals surface area contributed by atoms with Crippen molar-refractivity contribution in [1.29, 1.82) is 0 Å². The number of benzene rings is 1. The highest BCUT2D eigenvalue weighted by Gasteiger charge is 2.27. The van der Waals surface area contributed by atoms with Gasteiger partial charge in [0.15, 0.2) is 0 Å². The minimum atomic E-state index is -0.290. The number of likely N-dealkylation sites (tertiary alicyclic amines) is 1. The van der Waals surface area contributed by atoms with Crippen LogP contribution < -0.4 is 4.74 Å². The Labute approximate surface area is 134 Å². The lowest BCUT2D eigenvalue weighted by atomic mass is 9.96. The summed E-state index contributed by atoms with van der Waals surface area (Å²) in [5.74, 6) is 0.822. The quantitative estimate of drug-likeness (QED) is 0.941. The van der Waals surface area contributed by atoms with E-state index in [-0.39, 0.29) is 5.82 Å². The highest BCUT2D eigenvalue weighted by atomic mass is 19.1. The second-order valence-corrected chi connectivity index (χ2v) is 6.54. The van der Waals surface area contributed by atoms with Crippen LogP contribution in [0.2, 0.25) is 0 Å². The van der Waals surface area contributed by atoms with Gasteiger partial charge in [-0.15, -0.1) is 0 Å². The molecule has 2 fully saturated rings. The van der Waals surface area contributed by atoms with Crippen LogP contribution in [0.3, 0.4) is 0 Å². The molecule has 6 heteroatoms. The van der Waals surface area contributed by atoms with Crippen LogP contribution in [0.25, 0.3) is 10.9 Å². The molecule has 0 bridgehead atoms. The molecule has 3 heterocycles. The van der Waals surface area contributed by atoms with Crippen molar-refractivity contribution in [3.63, 3.8) is 0 Å². The number of aromatic nitrogens is 2. The summed E-state index contributed by atoms with van der Waals surface area (Å²) < 4.78 is 25.2. The average molecular weight is 319 g/mol. The van der Waals surface area contributed by atoms with Crippen LogP contribution in [0, 0.1) is 11.7 Å². The van der Waals surface area contributed by atoms with E-state index in [1.807, 2.05) is 6.07 Å². The van der Waals surface area contributed by atoms with E-state index >= 15 is 0 Å². The number of piperidine rings is 1. The number of fused-ring (bicyclic) bond motifs is 1. The Morgan fingerprint density at radius 2 is 2.17 bits per heavy atom. The zero-order chi connectivity index (χ0) is 15.6. The fraction of sp³-hybridized carbons (Fsp3) is 0.588. The molecule has 0 aliphatic carbocycles. The van der Waals surface area contributed by atoms with Crippen LogP contribution in [0.4, 0.5) is 4.39 Å². The molecular formula is C17H22FN3O2. The van der Waals surface area contributed by atoms with Gasteiger partial charge in [0.05, 0.1) is 30.3 Å². The standard InChI is InChI=1S/C17H22FN3O2/c18-16-7-14(8-17-15(16)9-19-20-17)23-10-12-1-4-21(5-2-12)13-3-6-22-11-13/h7-9,12-13H,1-6,10-11H2,(H,19,20). The van der Waals surface area contributed by atoms with Gasteiger partial charge in [0.2, 0.25) is 0 Å². The van der Waals surface area contributed by atoms with Crippen LogP contribution in [0.15, 0.2) is 18.3 Å². The molecule has 0 saturated carbocycles. The molecule has 1 N–H and O–H groups in total. The maximum atomic E-state index is 13.9. The predicted molar refractivity (Wildman–Crippen MR) is 85.1 cm³/mol. The summed E-state index contributed by atoms with van der Waals surface area (Å²) in [5, 5.41) is 7.15. The van der Waals surface area contributed by atoms with Crippen molar-refractivity contribution < 1.29 is 13.9 Å². The number of rotatable bonds is 4. The maximum absolute atomic E-state index is 13.9. The lowest BCUT2D eigenvalue weighted by Gasteiger charge is -2.35.